The lowest BCUT2D eigenvalue weighted by Crippen LogP contribution is -2.21. The van der Waals surface area contributed by atoms with Crippen LogP contribution in [0.1, 0.15) is 24.9 Å². The Morgan fingerprint density at radius 3 is 2.74 bits per heavy atom. The van der Waals surface area contributed by atoms with Crippen LogP contribution in [0.5, 0.6) is 0 Å². The van der Waals surface area contributed by atoms with E-state index in [-0.39, 0.29) is 5.56 Å². The summed E-state index contributed by atoms with van der Waals surface area (Å²) in [6.45, 7) is 4.01. The standard InChI is InChI=1S/C17H17N5O/c1-4-7-13-15-14(11-8-5-6-9-12(11)18-13)16(23)21(3)17-20-19-10(2)22(15)17/h5-6,8-9H,4,7H2,1-3H3. The second-order valence-electron chi connectivity index (χ2n) is 5.80. The summed E-state index contributed by atoms with van der Waals surface area (Å²) >= 11 is 0. The molecule has 0 aliphatic rings. The van der Waals surface area contributed by atoms with Gasteiger partial charge in [0.25, 0.3) is 5.56 Å². The number of benzene rings is 1. The highest BCUT2D eigenvalue weighted by atomic mass is 16.1. The van der Waals surface area contributed by atoms with Gasteiger partial charge in [-0.15, -0.1) is 10.2 Å². The lowest BCUT2D eigenvalue weighted by atomic mass is 10.1. The molecule has 0 aliphatic heterocycles. The molecule has 0 N–H and O–H groups in total. The van der Waals surface area contributed by atoms with E-state index in [1.165, 1.54) is 0 Å². The van der Waals surface area contributed by atoms with Gasteiger partial charge >= 0.3 is 0 Å². The van der Waals surface area contributed by atoms with E-state index in [0.717, 1.165) is 40.8 Å². The molecule has 1 aromatic carbocycles. The van der Waals surface area contributed by atoms with Crippen LogP contribution < -0.4 is 5.56 Å². The summed E-state index contributed by atoms with van der Waals surface area (Å²) in [5, 5.41) is 9.88. The van der Waals surface area contributed by atoms with Gasteiger partial charge in [-0.25, -0.2) is 0 Å². The van der Waals surface area contributed by atoms with Gasteiger partial charge in [-0.3, -0.25) is 18.7 Å². The zero-order chi connectivity index (χ0) is 16.1. The van der Waals surface area contributed by atoms with Crippen molar-refractivity contribution in [1.29, 1.82) is 0 Å². The summed E-state index contributed by atoms with van der Waals surface area (Å²) in [5.41, 5.74) is 2.56. The van der Waals surface area contributed by atoms with Gasteiger partial charge in [0.05, 0.1) is 22.1 Å². The maximum absolute atomic E-state index is 13.0. The fourth-order valence-electron chi connectivity index (χ4n) is 3.21. The lowest BCUT2D eigenvalue weighted by Gasteiger charge is -2.13. The average molecular weight is 307 g/mol. The topological polar surface area (TPSA) is 65.1 Å². The highest BCUT2D eigenvalue weighted by molar-refractivity contribution is 6.05. The van der Waals surface area contributed by atoms with E-state index in [1.54, 1.807) is 11.6 Å². The molecule has 0 radical (unpaired) electrons. The molecule has 6 heteroatoms. The predicted molar refractivity (Wildman–Crippen MR) is 89.8 cm³/mol. The van der Waals surface area contributed by atoms with Gasteiger partial charge in [-0.05, 0) is 19.4 Å². The summed E-state index contributed by atoms with van der Waals surface area (Å²) < 4.78 is 3.51. The van der Waals surface area contributed by atoms with Crippen molar-refractivity contribution < 1.29 is 0 Å². The molecule has 4 rings (SSSR count). The molecule has 0 fully saturated rings. The Bertz CT molecular complexity index is 1120. The molecular formula is C17H17N5O. The van der Waals surface area contributed by atoms with Crippen LogP contribution in [-0.4, -0.2) is 24.1 Å². The van der Waals surface area contributed by atoms with Crippen molar-refractivity contribution in [3.8, 4) is 0 Å². The van der Waals surface area contributed by atoms with E-state index in [2.05, 4.69) is 17.1 Å². The van der Waals surface area contributed by atoms with Crippen LogP contribution in [0, 0.1) is 6.92 Å². The van der Waals surface area contributed by atoms with E-state index in [1.807, 2.05) is 35.6 Å². The van der Waals surface area contributed by atoms with Gasteiger partial charge in [0, 0.05) is 12.4 Å². The monoisotopic (exact) mass is 307 g/mol. The van der Waals surface area contributed by atoms with Crippen molar-refractivity contribution in [2.75, 3.05) is 0 Å². The molecule has 3 aromatic heterocycles. The molecule has 3 heterocycles. The summed E-state index contributed by atoms with van der Waals surface area (Å²) in [7, 11) is 1.74. The smallest absolute Gasteiger partial charge is 0.263 e. The van der Waals surface area contributed by atoms with Crippen LogP contribution in [0.25, 0.3) is 27.6 Å². The molecular weight excluding hydrogens is 290 g/mol. The van der Waals surface area contributed by atoms with Gasteiger partial charge in [-0.2, -0.15) is 0 Å². The van der Waals surface area contributed by atoms with Crippen LogP contribution in [0.2, 0.25) is 0 Å². The summed E-state index contributed by atoms with van der Waals surface area (Å²) in [4.78, 5) is 17.8. The Morgan fingerprint density at radius 1 is 1.17 bits per heavy atom. The van der Waals surface area contributed by atoms with Gasteiger partial charge < -0.3 is 0 Å². The highest BCUT2D eigenvalue weighted by Crippen LogP contribution is 2.25. The van der Waals surface area contributed by atoms with E-state index < -0.39 is 0 Å². The van der Waals surface area contributed by atoms with Gasteiger partial charge in [0.15, 0.2) is 0 Å². The molecule has 116 valence electrons. The van der Waals surface area contributed by atoms with Crippen molar-refractivity contribution in [1.82, 2.24) is 24.1 Å². The van der Waals surface area contributed by atoms with Crippen LogP contribution in [0.4, 0.5) is 0 Å². The quantitative estimate of drug-likeness (QED) is 0.533. The zero-order valence-electron chi connectivity index (χ0n) is 13.4. The van der Waals surface area contributed by atoms with Crippen LogP contribution in [-0.2, 0) is 13.5 Å². The second-order valence-corrected chi connectivity index (χ2v) is 5.80. The Hall–Kier alpha value is -2.76. The number of fused-ring (bicyclic) bond motifs is 5. The largest absolute Gasteiger partial charge is 0.279 e. The first-order valence-electron chi connectivity index (χ1n) is 7.75. The second kappa shape index (κ2) is 4.87. The number of nitrogens with zero attached hydrogens (tertiary/aromatic N) is 5. The molecule has 0 aliphatic carbocycles. The molecule has 0 saturated heterocycles. The number of aryl methyl sites for hydroxylation is 3. The van der Waals surface area contributed by atoms with E-state index in [0.29, 0.717) is 11.2 Å². The molecule has 0 bridgehead atoms. The Labute approximate surface area is 132 Å². The highest BCUT2D eigenvalue weighted by Gasteiger charge is 2.18. The van der Waals surface area contributed by atoms with Crippen LogP contribution >= 0.6 is 0 Å². The fraction of sp³-hybridized carbons (Fsp3) is 0.294. The maximum atomic E-state index is 13.0. The van der Waals surface area contributed by atoms with Gasteiger partial charge in [0.1, 0.15) is 5.82 Å². The van der Waals surface area contributed by atoms with Gasteiger partial charge in [0.2, 0.25) is 5.78 Å². The predicted octanol–water partition coefficient (Wildman–Crippen LogP) is 2.39. The average Bonchev–Trinajstić information content (AvgIpc) is 2.94. The molecule has 6 nitrogen and oxygen atoms in total. The lowest BCUT2D eigenvalue weighted by molar-refractivity contribution is 0.847. The first-order chi connectivity index (χ1) is 11.1. The van der Waals surface area contributed by atoms with E-state index in [4.69, 9.17) is 4.98 Å². The third-order valence-corrected chi connectivity index (χ3v) is 4.28. The number of pyridine rings is 1. The number of aromatic nitrogens is 5. The van der Waals surface area contributed by atoms with Crippen molar-refractivity contribution >= 4 is 27.6 Å². The minimum absolute atomic E-state index is 0.0594. The molecule has 0 amide bonds. The van der Waals surface area contributed by atoms with Crippen molar-refractivity contribution in [2.24, 2.45) is 7.05 Å². The number of hydrogen-bond acceptors (Lipinski definition) is 4. The van der Waals surface area contributed by atoms with Crippen molar-refractivity contribution in [2.45, 2.75) is 26.7 Å². The van der Waals surface area contributed by atoms with E-state index >= 15 is 0 Å². The summed E-state index contributed by atoms with van der Waals surface area (Å²) in [6.07, 6.45) is 1.76. The maximum Gasteiger partial charge on any atom is 0.263 e. The SMILES string of the molecule is CCCc1nc2ccccc2c2c(=O)n(C)c3nnc(C)n3c12. The first-order valence-corrected chi connectivity index (χ1v) is 7.75. The first kappa shape index (κ1) is 13.9. The number of rotatable bonds is 2. The molecule has 0 saturated carbocycles. The van der Waals surface area contributed by atoms with Crippen LogP contribution in [0.15, 0.2) is 29.1 Å². The van der Waals surface area contributed by atoms with Gasteiger partial charge in [-0.1, -0.05) is 31.5 Å². The molecule has 0 atom stereocenters. The fourth-order valence-corrected chi connectivity index (χ4v) is 3.21. The Morgan fingerprint density at radius 2 is 1.96 bits per heavy atom. The van der Waals surface area contributed by atoms with E-state index in [9.17, 15) is 4.79 Å². The van der Waals surface area contributed by atoms with Crippen molar-refractivity contribution in [3.63, 3.8) is 0 Å². The third kappa shape index (κ3) is 1.81. The number of hydrogen-bond donors (Lipinski definition) is 0. The Balaban J connectivity index is 2.41. The molecule has 0 spiro atoms. The normalized spacial score (nSPS) is 11.8. The minimum Gasteiger partial charge on any atom is -0.279 e. The summed E-state index contributed by atoms with van der Waals surface area (Å²) in [5.74, 6) is 1.31. The van der Waals surface area contributed by atoms with Crippen molar-refractivity contribution in [3.05, 3.63) is 46.1 Å². The molecule has 0 unspecified atom stereocenters. The van der Waals surface area contributed by atoms with Crippen LogP contribution in [0.3, 0.4) is 0 Å². The number of para-hydroxylation sites is 1. The third-order valence-electron chi connectivity index (χ3n) is 4.28. The molecule has 23 heavy (non-hydrogen) atoms. The Kier molecular flexibility index (Phi) is 2.94. The minimum atomic E-state index is -0.0594. The zero-order valence-corrected chi connectivity index (χ0v) is 13.4. The summed E-state index contributed by atoms with van der Waals surface area (Å²) in [6, 6.07) is 7.79. The molecule has 4 aromatic rings.